The number of amides is 1. The van der Waals surface area contributed by atoms with Gasteiger partial charge < -0.3 is 14.8 Å². The fraction of sp³-hybridized carbons (Fsp3) is 0.318. The largest absolute Gasteiger partial charge is 0.454 e. The van der Waals surface area contributed by atoms with Gasteiger partial charge >= 0.3 is 0 Å². The standard InChI is InChI=1S/C22H24N4O3/c1-4-17-16(12-25-26(17)20-7-5-6-10-23-20)21(27)24-13-22(2,3)15-8-9-18-19(11-15)29-14-28-18/h5-12H,4,13-14H2,1-3H3,(H,24,27). The molecule has 3 heterocycles. The maximum absolute atomic E-state index is 12.9. The highest BCUT2D eigenvalue weighted by atomic mass is 16.7. The molecule has 0 radical (unpaired) electrons. The molecule has 0 aliphatic carbocycles. The summed E-state index contributed by atoms with van der Waals surface area (Å²) in [5.41, 5.74) is 2.20. The summed E-state index contributed by atoms with van der Waals surface area (Å²) in [6.07, 6.45) is 3.99. The third kappa shape index (κ3) is 3.68. The second kappa shape index (κ2) is 7.58. The van der Waals surface area contributed by atoms with Gasteiger partial charge in [-0.3, -0.25) is 4.79 Å². The Kier molecular flexibility index (Phi) is 4.96. The number of fused-ring (bicyclic) bond motifs is 1. The van der Waals surface area contributed by atoms with Crippen LogP contribution < -0.4 is 14.8 Å². The number of aromatic nitrogens is 3. The lowest BCUT2D eigenvalue weighted by Crippen LogP contribution is -2.37. The van der Waals surface area contributed by atoms with E-state index in [1.54, 1.807) is 17.1 Å². The Morgan fingerprint density at radius 1 is 1.21 bits per heavy atom. The van der Waals surface area contributed by atoms with Crippen molar-refractivity contribution in [1.29, 1.82) is 0 Å². The average molecular weight is 392 g/mol. The Bertz CT molecular complexity index is 1030. The molecule has 7 heteroatoms. The Morgan fingerprint density at radius 3 is 2.79 bits per heavy atom. The third-order valence-electron chi connectivity index (χ3n) is 5.16. The molecular formula is C22H24N4O3. The van der Waals surface area contributed by atoms with E-state index in [-0.39, 0.29) is 18.1 Å². The SMILES string of the molecule is CCc1c(C(=O)NCC(C)(C)c2ccc3c(c2)OCO3)cnn1-c1ccccn1. The second-order valence-electron chi connectivity index (χ2n) is 7.59. The van der Waals surface area contributed by atoms with Crippen molar-refractivity contribution in [2.24, 2.45) is 0 Å². The summed E-state index contributed by atoms with van der Waals surface area (Å²) < 4.78 is 12.6. The van der Waals surface area contributed by atoms with Gasteiger partial charge in [0.1, 0.15) is 0 Å². The molecule has 1 amide bonds. The lowest BCUT2D eigenvalue weighted by atomic mass is 9.84. The summed E-state index contributed by atoms with van der Waals surface area (Å²) in [4.78, 5) is 17.2. The molecule has 1 aliphatic rings. The van der Waals surface area contributed by atoms with E-state index in [0.29, 0.717) is 24.3 Å². The highest BCUT2D eigenvalue weighted by Gasteiger charge is 2.26. The summed E-state index contributed by atoms with van der Waals surface area (Å²) in [5, 5.41) is 7.44. The summed E-state index contributed by atoms with van der Waals surface area (Å²) in [6.45, 7) is 6.90. The van der Waals surface area contributed by atoms with E-state index in [9.17, 15) is 4.79 Å². The molecular weight excluding hydrogens is 368 g/mol. The summed E-state index contributed by atoms with van der Waals surface area (Å²) in [6, 6.07) is 11.5. The average Bonchev–Trinajstić information content (AvgIpc) is 3.38. The molecule has 0 bridgehead atoms. The summed E-state index contributed by atoms with van der Waals surface area (Å²) in [7, 11) is 0. The van der Waals surface area contributed by atoms with Gasteiger partial charge in [0.25, 0.3) is 5.91 Å². The molecule has 3 aromatic rings. The van der Waals surface area contributed by atoms with Crippen LogP contribution in [0, 0.1) is 0 Å². The van der Waals surface area contributed by atoms with E-state index in [4.69, 9.17) is 9.47 Å². The zero-order chi connectivity index (χ0) is 20.4. The van der Waals surface area contributed by atoms with Crippen LogP contribution >= 0.6 is 0 Å². The molecule has 150 valence electrons. The number of nitrogens with zero attached hydrogens (tertiary/aromatic N) is 3. The van der Waals surface area contributed by atoms with Gasteiger partial charge in [-0.15, -0.1) is 0 Å². The first-order valence-corrected chi connectivity index (χ1v) is 9.66. The van der Waals surface area contributed by atoms with Crippen LogP contribution in [0.1, 0.15) is 42.4 Å². The van der Waals surface area contributed by atoms with Crippen LogP contribution in [0.4, 0.5) is 0 Å². The predicted molar refractivity (Wildman–Crippen MR) is 109 cm³/mol. The Labute approximate surface area is 169 Å². The van der Waals surface area contributed by atoms with Gasteiger partial charge in [0, 0.05) is 18.2 Å². The van der Waals surface area contributed by atoms with E-state index < -0.39 is 0 Å². The van der Waals surface area contributed by atoms with E-state index >= 15 is 0 Å². The van der Waals surface area contributed by atoms with E-state index in [0.717, 1.165) is 22.8 Å². The van der Waals surface area contributed by atoms with Gasteiger partial charge in [0.05, 0.1) is 17.5 Å². The zero-order valence-electron chi connectivity index (χ0n) is 16.8. The van der Waals surface area contributed by atoms with Crippen LogP contribution in [-0.2, 0) is 11.8 Å². The molecule has 1 aliphatic heterocycles. The van der Waals surface area contributed by atoms with Crippen molar-refractivity contribution in [3.05, 3.63) is 65.6 Å². The van der Waals surface area contributed by atoms with Crippen molar-refractivity contribution in [3.63, 3.8) is 0 Å². The van der Waals surface area contributed by atoms with Crippen molar-refractivity contribution >= 4 is 5.91 Å². The minimum atomic E-state index is -0.278. The summed E-state index contributed by atoms with van der Waals surface area (Å²) >= 11 is 0. The van der Waals surface area contributed by atoms with Crippen LogP contribution in [0.2, 0.25) is 0 Å². The minimum absolute atomic E-state index is 0.141. The molecule has 7 nitrogen and oxygen atoms in total. The van der Waals surface area contributed by atoms with E-state index in [2.05, 4.69) is 29.2 Å². The first-order chi connectivity index (χ1) is 14.0. The first kappa shape index (κ1) is 19.0. The number of carbonyl (C=O) groups excluding carboxylic acids is 1. The maximum Gasteiger partial charge on any atom is 0.254 e. The van der Waals surface area contributed by atoms with Crippen molar-refractivity contribution < 1.29 is 14.3 Å². The van der Waals surface area contributed by atoms with Gasteiger partial charge in [0.15, 0.2) is 17.3 Å². The van der Waals surface area contributed by atoms with Gasteiger partial charge in [0.2, 0.25) is 6.79 Å². The van der Waals surface area contributed by atoms with Crippen molar-refractivity contribution in [2.75, 3.05) is 13.3 Å². The van der Waals surface area contributed by atoms with E-state index in [1.165, 1.54) is 0 Å². The number of rotatable bonds is 6. The Morgan fingerprint density at radius 2 is 2.03 bits per heavy atom. The zero-order valence-corrected chi connectivity index (χ0v) is 16.8. The van der Waals surface area contributed by atoms with Crippen molar-refractivity contribution in [1.82, 2.24) is 20.1 Å². The molecule has 1 N–H and O–H groups in total. The number of carbonyl (C=O) groups is 1. The van der Waals surface area contributed by atoms with Crippen LogP contribution in [0.5, 0.6) is 11.5 Å². The molecule has 29 heavy (non-hydrogen) atoms. The molecule has 0 atom stereocenters. The quantitative estimate of drug-likeness (QED) is 0.697. The highest BCUT2D eigenvalue weighted by molar-refractivity contribution is 5.95. The first-order valence-electron chi connectivity index (χ1n) is 9.66. The summed E-state index contributed by atoms with van der Waals surface area (Å²) in [5.74, 6) is 2.05. The van der Waals surface area contributed by atoms with E-state index in [1.807, 2.05) is 43.3 Å². The molecule has 2 aromatic heterocycles. The number of benzene rings is 1. The molecule has 0 fully saturated rings. The lowest BCUT2D eigenvalue weighted by Gasteiger charge is -2.26. The van der Waals surface area contributed by atoms with Crippen LogP contribution in [0.3, 0.4) is 0 Å². The number of pyridine rings is 1. The monoisotopic (exact) mass is 392 g/mol. The van der Waals surface area contributed by atoms with Crippen LogP contribution in [-0.4, -0.2) is 34.0 Å². The Hall–Kier alpha value is -3.35. The van der Waals surface area contributed by atoms with Crippen molar-refractivity contribution in [2.45, 2.75) is 32.6 Å². The fourth-order valence-corrected chi connectivity index (χ4v) is 3.40. The van der Waals surface area contributed by atoms with Gasteiger partial charge in [-0.05, 0) is 36.2 Å². The van der Waals surface area contributed by atoms with Gasteiger partial charge in [-0.1, -0.05) is 32.9 Å². The predicted octanol–water partition coefficient (Wildman–Crippen LogP) is 3.27. The third-order valence-corrected chi connectivity index (χ3v) is 5.16. The van der Waals surface area contributed by atoms with Crippen molar-refractivity contribution in [3.8, 4) is 17.3 Å². The topological polar surface area (TPSA) is 78.3 Å². The molecule has 0 unspecified atom stereocenters. The maximum atomic E-state index is 12.9. The van der Waals surface area contributed by atoms with Crippen LogP contribution in [0.25, 0.3) is 5.82 Å². The molecule has 0 saturated heterocycles. The fourth-order valence-electron chi connectivity index (χ4n) is 3.40. The number of nitrogens with one attached hydrogen (secondary N) is 1. The normalized spacial score (nSPS) is 12.8. The smallest absolute Gasteiger partial charge is 0.254 e. The lowest BCUT2D eigenvalue weighted by molar-refractivity contribution is 0.0944. The van der Waals surface area contributed by atoms with Gasteiger partial charge in [-0.2, -0.15) is 5.10 Å². The highest BCUT2D eigenvalue weighted by Crippen LogP contribution is 2.36. The number of hydrogen-bond donors (Lipinski definition) is 1. The molecule has 1 aromatic carbocycles. The minimum Gasteiger partial charge on any atom is -0.454 e. The number of hydrogen-bond acceptors (Lipinski definition) is 5. The Balaban J connectivity index is 1.50. The molecule has 0 saturated carbocycles. The molecule has 4 rings (SSSR count). The number of ether oxygens (including phenoxy) is 2. The van der Waals surface area contributed by atoms with Gasteiger partial charge in [-0.25, -0.2) is 9.67 Å². The molecule has 0 spiro atoms. The second-order valence-corrected chi connectivity index (χ2v) is 7.59. The van der Waals surface area contributed by atoms with Crippen LogP contribution in [0.15, 0.2) is 48.8 Å².